The minimum atomic E-state index is -0.322. The van der Waals surface area contributed by atoms with Gasteiger partial charge in [0.25, 0.3) is 11.8 Å². The molecule has 0 unspecified atom stereocenters. The quantitative estimate of drug-likeness (QED) is 0.628. The van der Waals surface area contributed by atoms with Crippen molar-refractivity contribution in [3.05, 3.63) is 53.6 Å². The second-order valence-corrected chi connectivity index (χ2v) is 4.26. The Bertz CT molecular complexity index is 695. The predicted molar refractivity (Wildman–Crippen MR) is 73.2 cm³/mol. The van der Waals surface area contributed by atoms with Gasteiger partial charge in [-0.05, 0) is 30.3 Å². The van der Waals surface area contributed by atoms with Crippen LogP contribution < -0.4 is 16.4 Å². The van der Waals surface area contributed by atoms with Gasteiger partial charge in [0.1, 0.15) is 0 Å². The average Bonchev–Trinajstić information content (AvgIpc) is 2.40. The average molecular weight is 253 g/mol. The maximum atomic E-state index is 12.1. The van der Waals surface area contributed by atoms with E-state index in [1.165, 1.54) is 0 Å². The Morgan fingerprint density at radius 3 is 2.00 bits per heavy atom. The number of benzene rings is 2. The number of anilines is 3. The van der Waals surface area contributed by atoms with Crippen molar-refractivity contribution in [3.63, 3.8) is 0 Å². The van der Waals surface area contributed by atoms with E-state index in [0.717, 1.165) is 0 Å². The number of hydrogen-bond acceptors (Lipinski definition) is 3. The fourth-order valence-corrected chi connectivity index (χ4v) is 2.03. The van der Waals surface area contributed by atoms with Gasteiger partial charge in [0, 0.05) is 5.69 Å². The lowest BCUT2D eigenvalue weighted by atomic mass is 10.0. The number of nitrogen functional groups attached to an aromatic ring is 1. The lowest BCUT2D eigenvalue weighted by molar-refractivity contribution is 0.0988. The van der Waals surface area contributed by atoms with E-state index >= 15 is 0 Å². The summed E-state index contributed by atoms with van der Waals surface area (Å²) in [7, 11) is 0. The third-order valence-electron chi connectivity index (χ3n) is 2.96. The fourth-order valence-electron chi connectivity index (χ4n) is 2.03. The van der Waals surface area contributed by atoms with Crippen molar-refractivity contribution in [1.29, 1.82) is 0 Å². The van der Waals surface area contributed by atoms with Crippen LogP contribution >= 0.6 is 0 Å². The SMILES string of the molecule is Nc1ccc2c(c1)NC(=O)c1ccccc1C(=O)N2. The molecule has 2 aromatic carbocycles. The number of carbonyl (C=O) groups excluding carboxylic acids is 2. The van der Waals surface area contributed by atoms with Crippen molar-refractivity contribution in [1.82, 2.24) is 0 Å². The summed E-state index contributed by atoms with van der Waals surface area (Å²) in [6.45, 7) is 0. The van der Waals surface area contributed by atoms with E-state index < -0.39 is 0 Å². The molecule has 0 saturated heterocycles. The van der Waals surface area contributed by atoms with E-state index in [-0.39, 0.29) is 11.8 Å². The van der Waals surface area contributed by atoms with Crippen LogP contribution in [0.25, 0.3) is 0 Å². The Balaban J connectivity index is 2.15. The Morgan fingerprint density at radius 1 is 0.789 bits per heavy atom. The van der Waals surface area contributed by atoms with E-state index in [1.807, 2.05) is 0 Å². The molecule has 0 spiro atoms. The molecule has 5 heteroatoms. The van der Waals surface area contributed by atoms with Crippen molar-refractivity contribution < 1.29 is 9.59 Å². The first-order valence-corrected chi connectivity index (χ1v) is 5.76. The molecule has 2 aromatic rings. The third-order valence-corrected chi connectivity index (χ3v) is 2.96. The van der Waals surface area contributed by atoms with Crippen molar-refractivity contribution >= 4 is 28.9 Å². The molecule has 19 heavy (non-hydrogen) atoms. The number of fused-ring (bicyclic) bond motifs is 2. The number of hydrogen-bond donors (Lipinski definition) is 3. The Morgan fingerprint density at radius 2 is 1.37 bits per heavy atom. The van der Waals surface area contributed by atoms with Gasteiger partial charge in [-0.2, -0.15) is 0 Å². The summed E-state index contributed by atoms with van der Waals surface area (Å²) >= 11 is 0. The monoisotopic (exact) mass is 253 g/mol. The number of nitrogens with one attached hydrogen (secondary N) is 2. The van der Waals surface area contributed by atoms with E-state index in [9.17, 15) is 9.59 Å². The molecular weight excluding hydrogens is 242 g/mol. The molecule has 3 rings (SSSR count). The lowest BCUT2D eigenvalue weighted by Gasteiger charge is -2.18. The van der Waals surface area contributed by atoms with Crippen LogP contribution in [0.5, 0.6) is 0 Å². The molecule has 0 atom stereocenters. The molecule has 0 aromatic heterocycles. The zero-order valence-electron chi connectivity index (χ0n) is 9.94. The first-order chi connectivity index (χ1) is 9.15. The van der Waals surface area contributed by atoms with Crippen LogP contribution in [0.2, 0.25) is 0 Å². The third kappa shape index (κ3) is 1.91. The Kier molecular flexibility index (Phi) is 2.45. The second-order valence-electron chi connectivity index (χ2n) is 4.26. The van der Waals surface area contributed by atoms with Crippen LogP contribution in [-0.4, -0.2) is 11.8 Å². The number of carbonyl (C=O) groups is 2. The van der Waals surface area contributed by atoms with E-state index in [2.05, 4.69) is 10.6 Å². The van der Waals surface area contributed by atoms with Gasteiger partial charge < -0.3 is 16.4 Å². The maximum absolute atomic E-state index is 12.1. The summed E-state index contributed by atoms with van der Waals surface area (Å²) in [5.74, 6) is -0.631. The minimum absolute atomic E-state index is 0.309. The molecule has 1 aliphatic rings. The topological polar surface area (TPSA) is 84.2 Å². The molecule has 5 nitrogen and oxygen atoms in total. The molecular formula is C14H11N3O2. The van der Waals surface area contributed by atoms with Gasteiger partial charge in [0.2, 0.25) is 0 Å². The highest BCUT2D eigenvalue weighted by Crippen LogP contribution is 2.28. The summed E-state index contributed by atoms with van der Waals surface area (Å²) < 4.78 is 0. The first-order valence-electron chi connectivity index (χ1n) is 5.76. The molecule has 1 heterocycles. The van der Waals surface area contributed by atoms with Crippen molar-refractivity contribution in [2.75, 3.05) is 16.4 Å². The predicted octanol–water partition coefficient (Wildman–Crippen LogP) is 2.09. The second kappa shape index (κ2) is 4.13. The standard InChI is InChI=1S/C14H11N3O2/c15-8-5-6-11-12(7-8)17-14(19)10-4-2-1-3-9(10)13(18)16-11/h1-7H,15H2,(H,16,18)(H,17,19). The van der Waals surface area contributed by atoms with Gasteiger partial charge in [-0.15, -0.1) is 0 Å². The molecule has 0 aliphatic carbocycles. The largest absolute Gasteiger partial charge is 0.399 e. The summed E-state index contributed by atoms with van der Waals surface area (Å²) in [5, 5.41) is 5.50. The summed E-state index contributed by atoms with van der Waals surface area (Å²) in [5.41, 5.74) is 7.91. The van der Waals surface area contributed by atoms with E-state index in [1.54, 1.807) is 42.5 Å². The Hall–Kier alpha value is -2.82. The van der Waals surface area contributed by atoms with Gasteiger partial charge in [0.15, 0.2) is 0 Å². The van der Waals surface area contributed by atoms with Gasteiger partial charge >= 0.3 is 0 Å². The van der Waals surface area contributed by atoms with Crippen LogP contribution in [0.15, 0.2) is 42.5 Å². The summed E-state index contributed by atoms with van der Waals surface area (Å²) in [6, 6.07) is 11.6. The summed E-state index contributed by atoms with van der Waals surface area (Å²) in [6.07, 6.45) is 0. The van der Waals surface area contributed by atoms with E-state index in [0.29, 0.717) is 28.2 Å². The normalized spacial score (nSPS) is 13.5. The Labute approximate surface area is 109 Å². The maximum Gasteiger partial charge on any atom is 0.256 e. The zero-order chi connectivity index (χ0) is 13.4. The van der Waals surface area contributed by atoms with Gasteiger partial charge in [-0.25, -0.2) is 0 Å². The van der Waals surface area contributed by atoms with Crippen LogP contribution in [0.4, 0.5) is 17.1 Å². The summed E-state index contributed by atoms with van der Waals surface area (Å²) in [4.78, 5) is 24.3. The number of amides is 2. The van der Waals surface area contributed by atoms with Crippen LogP contribution in [0.3, 0.4) is 0 Å². The molecule has 94 valence electrons. The molecule has 0 saturated carbocycles. The van der Waals surface area contributed by atoms with Crippen LogP contribution in [0.1, 0.15) is 20.7 Å². The molecule has 0 bridgehead atoms. The highest BCUT2D eigenvalue weighted by molar-refractivity contribution is 6.19. The molecule has 1 aliphatic heterocycles. The molecule has 2 amide bonds. The van der Waals surface area contributed by atoms with Gasteiger partial charge in [0.05, 0.1) is 22.5 Å². The van der Waals surface area contributed by atoms with Gasteiger partial charge in [-0.3, -0.25) is 9.59 Å². The van der Waals surface area contributed by atoms with Crippen molar-refractivity contribution in [3.8, 4) is 0 Å². The number of rotatable bonds is 0. The fraction of sp³-hybridized carbons (Fsp3) is 0. The highest BCUT2D eigenvalue weighted by Gasteiger charge is 2.21. The lowest BCUT2D eigenvalue weighted by Crippen LogP contribution is -2.24. The number of nitrogens with two attached hydrogens (primary N) is 1. The molecule has 0 radical (unpaired) electrons. The van der Waals surface area contributed by atoms with Crippen LogP contribution in [-0.2, 0) is 0 Å². The zero-order valence-corrected chi connectivity index (χ0v) is 9.94. The molecule has 0 fully saturated rings. The van der Waals surface area contributed by atoms with Crippen molar-refractivity contribution in [2.45, 2.75) is 0 Å². The minimum Gasteiger partial charge on any atom is -0.399 e. The van der Waals surface area contributed by atoms with E-state index in [4.69, 9.17) is 5.73 Å². The first kappa shape index (κ1) is 11.3. The smallest absolute Gasteiger partial charge is 0.256 e. The van der Waals surface area contributed by atoms with Gasteiger partial charge in [-0.1, -0.05) is 12.1 Å². The molecule has 4 N–H and O–H groups in total. The van der Waals surface area contributed by atoms with Crippen molar-refractivity contribution in [2.24, 2.45) is 0 Å². The highest BCUT2D eigenvalue weighted by atomic mass is 16.2. The van der Waals surface area contributed by atoms with Crippen LogP contribution in [0, 0.1) is 0 Å².